The summed E-state index contributed by atoms with van der Waals surface area (Å²) < 4.78 is 28.4. The van der Waals surface area contributed by atoms with Gasteiger partial charge in [-0.1, -0.05) is 0 Å². The minimum Gasteiger partial charge on any atom is -0.356 e. The van der Waals surface area contributed by atoms with E-state index in [0.717, 1.165) is 31.7 Å². The van der Waals surface area contributed by atoms with Crippen LogP contribution in [0.1, 0.15) is 24.8 Å². The SMILES string of the molecule is FC(F)c1cnn(-c2cnn3ccc(N4CCCC4)nc23)c1. The Morgan fingerprint density at radius 3 is 2.64 bits per heavy atom. The van der Waals surface area contributed by atoms with Gasteiger partial charge in [0.25, 0.3) is 6.43 Å². The van der Waals surface area contributed by atoms with Gasteiger partial charge in [-0.2, -0.15) is 10.2 Å². The highest BCUT2D eigenvalue weighted by Crippen LogP contribution is 2.23. The minimum absolute atomic E-state index is 0.116. The van der Waals surface area contributed by atoms with Crippen molar-refractivity contribution < 1.29 is 8.78 Å². The molecule has 0 N–H and O–H groups in total. The number of aromatic nitrogens is 5. The summed E-state index contributed by atoms with van der Waals surface area (Å²) in [6.07, 6.45) is 5.68. The van der Waals surface area contributed by atoms with Crippen LogP contribution in [0, 0.1) is 0 Å². The average molecular weight is 304 g/mol. The van der Waals surface area contributed by atoms with Crippen LogP contribution in [-0.2, 0) is 0 Å². The van der Waals surface area contributed by atoms with Crippen molar-refractivity contribution >= 4 is 11.5 Å². The molecule has 0 radical (unpaired) electrons. The molecule has 0 atom stereocenters. The summed E-state index contributed by atoms with van der Waals surface area (Å²) in [6, 6.07) is 1.92. The first-order valence-electron chi connectivity index (χ1n) is 7.15. The first kappa shape index (κ1) is 13.2. The standard InChI is InChI=1S/C14H14F2N6/c15-13(16)10-7-17-22(9-10)11-8-18-21-6-3-12(19-14(11)21)20-4-1-2-5-20/h3,6-9,13H,1-2,4-5H2. The molecule has 4 rings (SSSR count). The van der Waals surface area contributed by atoms with Gasteiger partial charge in [0.1, 0.15) is 11.5 Å². The molecular weight excluding hydrogens is 290 g/mol. The molecule has 3 aromatic rings. The van der Waals surface area contributed by atoms with Crippen LogP contribution in [0.5, 0.6) is 0 Å². The predicted molar refractivity (Wildman–Crippen MR) is 76.5 cm³/mol. The number of rotatable bonds is 3. The van der Waals surface area contributed by atoms with Gasteiger partial charge in [0.05, 0.1) is 18.0 Å². The smallest absolute Gasteiger partial charge is 0.266 e. The maximum absolute atomic E-state index is 12.7. The third-order valence-electron chi connectivity index (χ3n) is 3.87. The number of hydrogen-bond donors (Lipinski definition) is 0. The molecule has 1 fully saturated rings. The van der Waals surface area contributed by atoms with Crippen molar-refractivity contribution in [2.75, 3.05) is 18.0 Å². The molecule has 8 heteroatoms. The van der Waals surface area contributed by atoms with Gasteiger partial charge >= 0.3 is 0 Å². The maximum Gasteiger partial charge on any atom is 0.266 e. The highest BCUT2D eigenvalue weighted by molar-refractivity contribution is 5.60. The van der Waals surface area contributed by atoms with Crippen molar-refractivity contribution in [1.82, 2.24) is 24.4 Å². The third-order valence-corrected chi connectivity index (χ3v) is 3.87. The summed E-state index contributed by atoms with van der Waals surface area (Å²) >= 11 is 0. The van der Waals surface area contributed by atoms with Crippen molar-refractivity contribution in [2.24, 2.45) is 0 Å². The van der Waals surface area contributed by atoms with Crippen molar-refractivity contribution in [3.63, 3.8) is 0 Å². The lowest BCUT2D eigenvalue weighted by molar-refractivity contribution is 0.151. The Morgan fingerprint density at radius 2 is 1.91 bits per heavy atom. The normalized spacial score (nSPS) is 15.3. The van der Waals surface area contributed by atoms with Crippen LogP contribution in [0.3, 0.4) is 0 Å². The molecule has 0 aliphatic carbocycles. The number of hydrogen-bond acceptors (Lipinski definition) is 4. The second-order valence-corrected chi connectivity index (χ2v) is 5.30. The molecule has 0 saturated carbocycles. The fourth-order valence-electron chi connectivity index (χ4n) is 2.71. The molecule has 0 unspecified atom stereocenters. The van der Waals surface area contributed by atoms with E-state index in [-0.39, 0.29) is 5.56 Å². The van der Waals surface area contributed by atoms with Crippen LogP contribution in [0.2, 0.25) is 0 Å². The monoisotopic (exact) mass is 304 g/mol. The van der Waals surface area contributed by atoms with Crippen molar-refractivity contribution in [3.05, 3.63) is 36.4 Å². The zero-order chi connectivity index (χ0) is 15.1. The zero-order valence-electron chi connectivity index (χ0n) is 11.7. The Hall–Kier alpha value is -2.51. The topological polar surface area (TPSA) is 51.3 Å². The number of anilines is 1. The Morgan fingerprint density at radius 1 is 1.09 bits per heavy atom. The molecule has 1 saturated heterocycles. The Balaban J connectivity index is 1.78. The van der Waals surface area contributed by atoms with E-state index in [1.54, 1.807) is 10.7 Å². The van der Waals surface area contributed by atoms with E-state index in [1.165, 1.54) is 17.1 Å². The van der Waals surface area contributed by atoms with Gasteiger partial charge in [-0.15, -0.1) is 0 Å². The average Bonchev–Trinajstić information content (AvgIpc) is 3.25. The molecule has 0 aromatic carbocycles. The van der Waals surface area contributed by atoms with Crippen LogP contribution in [0.4, 0.5) is 14.6 Å². The van der Waals surface area contributed by atoms with Gasteiger partial charge in [-0.25, -0.2) is 23.0 Å². The van der Waals surface area contributed by atoms with Crippen LogP contribution >= 0.6 is 0 Å². The van der Waals surface area contributed by atoms with E-state index in [9.17, 15) is 8.78 Å². The lowest BCUT2D eigenvalue weighted by atomic mass is 10.4. The van der Waals surface area contributed by atoms with Gasteiger partial charge in [0, 0.05) is 25.5 Å². The van der Waals surface area contributed by atoms with E-state index < -0.39 is 6.43 Å². The molecular formula is C14H14F2N6. The second-order valence-electron chi connectivity index (χ2n) is 5.30. The van der Waals surface area contributed by atoms with Gasteiger partial charge in [-0.05, 0) is 18.9 Å². The number of fused-ring (bicyclic) bond motifs is 1. The number of alkyl halides is 2. The summed E-state index contributed by atoms with van der Waals surface area (Å²) in [5.74, 6) is 0.882. The first-order chi connectivity index (χ1) is 10.7. The van der Waals surface area contributed by atoms with Gasteiger partial charge in [0.2, 0.25) is 0 Å². The Kier molecular flexibility index (Phi) is 3.02. The Labute approximate surface area is 125 Å². The number of nitrogens with zero attached hydrogens (tertiary/aromatic N) is 6. The van der Waals surface area contributed by atoms with Crippen LogP contribution < -0.4 is 4.90 Å². The van der Waals surface area contributed by atoms with Crippen molar-refractivity contribution in [3.8, 4) is 5.69 Å². The van der Waals surface area contributed by atoms with Gasteiger partial charge in [-0.3, -0.25) is 0 Å². The fraction of sp³-hybridized carbons (Fsp3) is 0.357. The van der Waals surface area contributed by atoms with Crippen LogP contribution in [0.15, 0.2) is 30.9 Å². The first-order valence-corrected chi connectivity index (χ1v) is 7.15. The molecule has 4 heterocycles. The molecule has 0 amide bonds. The van der Waals surface area contributed by atoms with Crippen molar-refractivity contribution in [2.45, 2.75) is 19.3 Å². The lowest BCUT2D eigenvalue weighted by Crippen LogP contribution is -2.19. The quantitative estimate of drug-likeness (QED) is 0.746. The molecule has 0 bridgehead atoms. The van der Waals surface area contributed by atoms with E-state index in [1.807, 2.05) is 12.3 Å². The lowest BCUT2D eigenvalue weighted by Gasteiger charge is -2.16. The van der Waals surface area contributed by atoms with E-state index in [4.69, 9.17) is 0 Å². The largest absolute Gasteiger partial charge is 0.356 e. The highest BCUT2D eigenvalue weighted by atomic mass is 19.3. The van der Waals surface area contributed by atoms with E-state index >= 15 is 0 Å². The maximum atomic E-state index is 12.7. The zero-order valence-corrected chi connectivity index (χ0v) is 11.7. The second kappa shape index (κ2) is 5.04. The summed E-state index contributed by atoms with van der Waals surface area (Å²) in [5, 5.41) is 8.19. The minimum atomic E-state index is -2.54. The summed E-state index contributed by atoms with van der Waals surface area (Å²) in [6.45, 7) is 1.98. The van der Waals surface area contributed by atoms with E-state index in [2.05, 4.69) is 20.1 Å². The molecule has 114 valence electrons. The van der Waals surface area contributed by atoms with Crippen LogP contribution in [0.25, 0.3) is 11.3 Å². The third kappa shape index (κ3) is 2.11. The van der Waals surface area contributed by atoms with Gasteiger partial charge < -0.3 is 4.90 Å². The summed E-state index contributed by atoms with van der Waals surface area (Å²) in [7, 11) is 0. The fourth-order valence-corrected chi connectivity index (χ4v) is 2.71. The molecule has 1 aliphatic rings. The molecule has 3 aromatic heterocycles. The Bertz CT molecular complexity index is 803. The number of halogens is 2. The summed E-state index contributed by atoms with van der Waals surface area (Å²) in [4.78, 5) is 6.84. The van der Waals surface area contributed by atoms with Gasteiger partial charge in [0.15, 0.2) is 5.65 Å². The van der Waals surface area contributed by atoms with Crippen LogP contribution in [-0.4, -0.2) is 37.5 Å². The summed E-state index contributed by atoms with van der Waals surface area (Å²) in [5.41, 5.74) is 1.08. The molecule has 22 heavy (non-hydrogen) atoms. The molecule has 0 spiro atoms. The van der Waals surface area contributed by atoms with Crippen molar-refractivity contribution in [1.29, 1.82) is 0 Å². The van der Waals surface area contributed by atoms with E-state index in [0.29, 0.717) is 11.3 Å². The molecule has 6 nitrogen and oxygen atoms in total. The molecule has 1 aliphatic heterocycles. The predicted octanol–water partition coefficient (Wildman–Crippen LogP) is 2.45. The highest BCUT2D eigenvalue weighted by Gasteiger charge is 2.17.